The number of aromatic nitrogens is 3. The van der Waals surface area contributed by atoms with E-state index in [9.17, 15) is 5.11 Å². The molecule has 1 atom stereocenters. The summed E-state index contributed by atoms with van der Waals surface area (Å²) in [4.78, 5) is 3.92. The number of nitrogens with zero attached hydrogens (tertiary/aromatic N) is 3. The number of nitrogens with one attached hydrogen (secondary N) is 1. The first-order chi connectivity index (χ1) is 12.0. The largest absolute Gasteiger partial charge is 0.382 e. The molecular weight excluding hydrogens is 383 g/mol. The van der Waals surface area contributed by atoms with Gasteiger partial charge in [0.2, 0.25) is 0 Å². The first kappa shape index (κ1) is 18.0. The van der Waals surface area contributed by atoms with Crippen LogP contribution in [0.2, 0.25) is 15.1 Å². The second-order valence-electron chi connectivity index (χ2n) is 5.61. The van der Waals surface area contributed by atoms with E-state index in [-0.39, 0.29) is 13.1 Å². The first-order valence-electron chi connectivity index (χ1n) is 7.46. The summed E-state index contributed by atoms with van der Waals surface area (Å²) in [6.45, 7) is 0.380. The molecule has 3 rings (SSSR count). The smallest absolute Gasteiger partial charge is 0.137 e. The molecule has 2 N–H and O–H groups in total. The third kappa shape index (κ3) is 4.44. The van der Waals surface area contributed by atoms with Crippen LogP contribution in [0, 0.1) is 0 Å². The summed E-state index contributed by atoms with van der Waals surface area (Å²) < 4.78 is 1.55. The zero-order chi connectivity index (χ0) is 17.9. The van der Waals surface area contributed by atoms with Gasteiger partial charge in [0.1, 0.15) is 18.3 Å². The monoisotopic (exact) mass is 396 g/mol. The van der Waals surface area contributed by atoms with Crippen LogP contribution in [0.25, 0.3) is 0 Å². The lowest BCUT2D eigenvalue weighted by Crippen LogP contribution is -2.39. The fraction of sp³-hybridized carbons (Fsp3) is 0.176. The van der Waals surface area contributed by atoms with Gasteiger partial charge in [0, 0.05) is 32.9 Å². The van der Waals surface area contributed by atoms with E-state index in [0.29, 0.717) is 20.6 Å². The zero-order valence-electron chi connectivity index (χ0n) is 13.0. The van der Waals surface area contributed by atoms with E-state index in [2.05, 4.69) is 15.4 Å². The van der Waals surface area contributed by atoms with Crippen LogP contribution in [-0.2, 0) is 12.1 Å². The molecule has 0 radical (unpaired) electrons. The molecule has 1 aromatic heterocycles. The van der Waals surface area contributed by atoms with Crippen LogP contribution in [0.1, 0.15) is 5.56 Å². The molecular formula is C17H15Cl3N4O. The Hall–Kier alpha value is -1.79. The Morgan fingerprint density at radius 2 is 1.76 bits per heavy atom. The molecule has 0 fully saturated rings. The van der Waals surface area contributed by atoms with Crippen molar-refractivity contribution in [3.8, 4) is 0 Å². The molecule has 0 saturated carbocycles. The van der Waals surface area contributed by atoms with Crippen LogP contribution in [0.15, 0.2) is 55.1 Å². The molecule has 25 heavy (non-hydrogen) atoms. The molecule has 3 aromatic rings. The lowest BCUT2D eigenvalue weighted by molar-refractivity contribution is 0.0283. The molecule has 0 aliphatic rings. The maximum Gasteiger partial charge on any atom is 0.137 e. The highest BCUT2D eigenvalue weighted by molar-refractivity contribution is 6.35. The van der Waals surface area contributed by atoms with Crippen molar-refractivity contribution in [1.29, 1.82) is 0 Å². The van der Waals surface area contributed by atoms with Gasteiger partial charge in [-0.25, -0.2) is 9.67 Å². The van der Waals surface area contributed by atoms with Gasteiger partial charge in [0.05, 0.1) is 6.54 Å². The Kier molecular flexibility index (Phi) is 5.49. The topological polar surface area (TPSA) is 63.0 Å². The Morgan fingerprint density at radius 3 is 2.40 bits per heavy atom. The van der Waals surface area contributed by atoms with Crippen molar-refractivity contribution in [3.05, 3.63) is 75.8 Å². The average Bonchev–Trinajstić information content (AvgIpc) is 3.07. The van der Waals surface area contributed by atoms with Crippen LogP contribution < -0.4 is 5.32 Å². The molecule has 0 aliphatic heterocycles. The van der Waals surface area contributed by atoms with Gasteiger partial charge in [0.25, 0.3) is 0 Å². The van der Waals surface area contributed by atoms with Crippen molar-refractivity contribution in [2.75, 3.05) is 11.9 Å². The summed E-state index contributed by atoms with van der Waals surface area (Å²) in [7, 11) is 0. The van der Waals surface area contributed by atoms with Crippen molar-refractivity contribution < 1.29 is 5.11 Å². The Balaban J connectivity index is 1.89. The molecule has 0 amide bonds. The van der Waals surface area contributed by atoms with Gasteiger partial charge in [-0.1, -0.05) is 40.9 Å². The summed E-state index contributed by atoms with van der Waals surface area (Å²) in [5.74, 6) is 0. The Bertz CT molecular complexity index is 840. The molecule has 8 heteroatoms. The Labute approximate surface area is 160 Å². The second-order valence-corrected chi connectivity index (χ2v) is 6.89. The van der Waals surface area contributed by atoms with E-state index in [4.69, 9.17) is 34.8 Å². The minimum Gasteiger partial charge on any atom is -0.382 e. The summed E-state index contributed by atoms with van der Waals surface area (Å²) in [6.07, 6.45) is 2.95. The number of hydrogen-bond acceptors (Lipinski definition) is 4. The van der Waals surface area contributed by atoms with E-state index in [1.54, 1.807) is 35.0 Å². The molecule has 130 valence electrons. The summed E-state index contributed by atoms with van der Waals surface area (Å²) in [6, 6.07) is 12.2. The highest BCUT2D eigenvalue weighted by atomic mass is 35.5. The van der Waals surface area contributed by atoms with Crippen LogP contribution in [-0.4, -0.2) is 26.4 Å². The molecule has 1 unspecified atom stereocenters. The molecule has 0 aliphatic carbocycles. The third-order valence-electron chi connectivity index (χ3n) is 3.75. The van der Waals surface area contributed by atoms with Crippen LogP contribution >= 0.6 is 34.8 Å². The van der Waals surface area contributed by atoms with E-state index in [1.165, 1.54) is 12.7 Å². The Morgan fingerprint density at radius 1 is 1.04 bits per heavy atom. The number of benzene rings is 2. The van der Waals surface area contributed by atoms with E-state index in [0.717, 1.165) is 5.69 Å². The van der Waals surface area contributed by atoms with Crippen LogP contribution in [0.5, 0.6) is 0 Å². The number of rotatable bonds is 6. The second kappa shape index (κ2) is 7.62. The van der Waals surface area contributed by atoms with Crippen molar-refractivity contribution in [3.63, 3.8) is 0 Å². The van der Waals surface area contributed by atoms with Gasteiger partial charge in [-0.15, -0.1) is 0 Å². The van der Waals surface area contributed by atoms with Crippen molar-refractivity contribution in [1.82, 2.24) is 14.8 Å². The first-order valence-corrected chi connectivity index (χ1v) is 8.59. The van der Waals surface area contributed by atoms with Gasteiger partial charge >= 0.3 is 0 Å². The van der Waals surface area contributed by atoms with E-state index >= 15 is 0 Å². The molecule has 5 nitrogen and oxygen atoms in total. The van der Waals surface area contributed by atoms with Crippen LogP contribution in [0.4, 0.5) is 5.69 Å². The highest BCUT2D eigenvalue weighted by Crippen LogP contribution is 2.32. The minimum absolute atomic E-state index is 0.176. The molecule has 1 heterocycles. The quantitative estimate of drug-likeness (QED) is 0.653. The fourth-order valence-electron chi connectivity index (χ4n) is 2.50. The predicted molar refractivity (Wildman–Crippen MR) is 100 cm³/mol. The summed E-state index contributed by atoms with van der Waals surface area (Å²) in [5.41, 5.74) is 0.0525. The number of anilines is 1. The maximum atomic E-state index is 11.3. The highest BCUT2D eigenvalue weighted by Gasteiger charge is 2.32. The predicted octanol–water partition coefficient (Wildman–Crippen LogP) is 4.24. The molecule has 0 spiro atoms. The normalized spacial score (nSPS) is 13.4. The van der Waals surface area contributed by atoms with Gasteiger partial charge in [-0.05, 0) is 36.4 Å². The molecule has 2 aromatic carbocycles. The number of hydrogen-bond donors (Lipinski definition) is 2. The van der Waals surface area contributed by atoms with E-state index in [1.807, 2.05) is 12.1 Å². The minimum atomic E-state index is -1.32. The average molecular weight is 398 g/mol. The van der Waals surface area contributed by atoms with Crippen molar-refractivity contribution >= 4 is 40.5 Å². The third-order valence-corrected chi connectivity index (χ3v) is 4.55. The molecule has 0 bridgehead atoms. The van der Waals surface area contributed by atoms with Gasteiger partial charge in [-0.2, -0.15) is 5.10 Å². The zero-order valence-corrected chi connectivity index (χ0v) is 15.3. The summed E-state index contributed by atoms with van der Waals surface area (Å²) >= 11 is 18.2. The van der Waals surface area contributed by atoms with Crippen molar-refractivity contribution in [2.24, 2.45) is 0 Å². The number of aliphatic hydroxyl groups is 1. The lowest BCUT2D eigenvalue weighted by Gasteiger charge is -2.30. The number of halogens is 3. The summed E-state index contributed by atoms with van der Waals surface area (Å²) in [5, 5.41) is 20.1. The van der Waals surface area contributed by atoms with Gasteiger partial charge in [0.15, 0.2) is 0 Å². The molecule has 0 saturated heterocycles. The van der Waals surface area contributed by atoms with Gasteiger partial charge in [-0.3, -0.25) is 0 Å². The standard InChI is InChI=1S/C17H15Cl3N4O/c18-12-1-4-14(5-2-12)22-8-17(25,9-24-11-21-10-23-24)15-6-3-13(19)7-16(15)20/h1-7,10-11,22,25H,8-9H2. The lowest BCUT2D eigenvalue weighted by atomic mass is 9.93. The van der Waals surface area contributed by atoms with Crippen molar-refractivity contribution in [2.45, 2.75) is 12.1 Å². The SMILES string of the molecule is OC(CNc1ccc(Cl)cc1)(Cn1cncn1)c1ccc(Cl)cc1Cl. The van der Waals surface area contributed by atoms with Gasteiger partial charge < -0.3 is 10.4 Å². The maximum absolute atomic E-state index is 11.3. The van der Waals surface area contributed by atoms with E-state index < -0.39 is 5.60 Å². The van der Waals surface area contributed by atoms with Crippen LogP contribution in [0.3, 0.4) is 0 Å². The fourth-order valence-corrected chi connectivity index (χ4v) is 3.21.